The zero-order valence-electron chi connectivity index (χ0n) is 17.1. The van der Waals surface area contributed by atoms with Gasteiger partial charge in [-0.2, -0.15) is 0 Å². The van der Waals surface area contributed by atoms with Crippen molar-refractivity contribution < 1.29 is 14.1 Å². The van der Waals surface area contributed by atoms with E-state index in [9.17, 15) is 9.59 Å². The fourth-order valence-corrected chi connectivity index (χ4v) is 4.23. The van der Waals surface area contributed by atoms with Gasteiger partial charge in [0, 0.05) is 37.9 Å². The normalized spacial score (nSPS) is 17.2. The zero-order chi connectivity index (χ0) is 20.8. The lowest BCUT2D eigenvalue weighted by atomic mass is 10.2. The number of hydrogen-bond acceptors (Lipinski definition) is 6. The van der Waals surface area contributed by atoms with E-state index in [-0.39, 0.29) is 28.9 Å². The van der Waals surface area contributed by atoms with Crippen molar-refractivity contribution in [1.29, 1.82) is 0 Å². The van der Waals surface area contributed by atoms with Crippen LogP contribution in [0.2, 0.25) is 0 Å². The Bertz CT molecular complexity index is 826. The first-order valence-electron chi connectivity index (χ1n) is 9.85. The van der Waals surface area contributed by atoms with Crippen LogP contribution in [0.3, 0.4) is 0 Å². The summed E-state index contributed by atoms with van der Waals surface area (Å²) in [4.78, 5) is 29.2. The van der Waals surface area contributed by atoms with Crippen LogP contribution in [0.1, 0.15) is 25.5 Å². The maximum atomic E-state index is 12.8. The molecule has 3 rings (SSSR count). The number of likely N-dealkylation sites (tertiary alicyclic amines) is 1. The van der Waals surface area contributed by atoms with Crippen LogP contribution in [-0.4, -0.2) is 59.1 Å². The Balaban J connectivity index is 1.48. The first kappa shape index (κ1) is 21.2. The Morgan fingerprint density at radius 3 is 2.83 bits per heavy atom. The van der Waals surface area contributed by atoms with Crippen molar-refractivity contribution in [2.75, 3.05) is 36.1 Å². The number of rotatable bonds is 8. The van der Waals surface area contributed by atoms with Gasteiger partial charge in [0.05, 0.1) is 11.0 Å². The largest absolute Gasteiger partial charge is 0.373 e. The molecule has 2 unspecified atom stereocenters. The molecule has 2 amide bonds. The van der Waals surface area contributed by atoms with Crippen molar-refractivity contribution in [2.24, 2.45) is 0 Å². The predicted octanol–water partition coefficient (Wildman–Crippen LogP) is 3.17. The van der Waals surface area contributed by atoms with Gasteiger partial charge in [-0.3, -0.25) is 9.59 Å². The topological polar surface area (TPSA) is 78.7 Å². The molecule has 1 aliphatic heterocycles. The summed E-state index contributed by atoms with van der Waals surface area (Å²) in [6.07, 6.45) is 2.03. The molecule has 0 aliphatic carbocycles. The molecule has 0 bridgehead atoms. The van der Waals surface area contributed by atoms with Gasteiger partial charge >= 0.3 is 0 Å². The summed E-state index contributed by atoms with van der Waals surface area (Å²) in [7, 11) is 2.06. The molecule has 2 heterocycles. The summed E-state index contributed by atoms with van der Waals surface area (Å²) < 4.78 is 4.95. The van der Waals surface area contributed by atoms with Gasteiger partial charge in [0.1, 0.15) is 5.76 Å². The highest BCUT2D eigenvalue weighted by Gasteiger charge is 2.30. The minimum Gasteiger partial charge on any atom is -0.373 e. The second-order valence-corrected chi connectivity index (χ2v) is 8.69. The monoisotopic (exact) mass is 416 g/mol. The van der Waals surface area contributed by atoms with Crippen LogP contribution in [0.5, 0.6) is 0 Å². The Labute approximate surface area is 175 Å². The lowest BCUT2D eigenvalue weighted by Crippen LogP contribution is -2.43. The molecule has 1 aliphatic rings. The summed E-state index contributed by atoms with van der Waals surface area (Å²) in [5, 5.41) is 6.12. The first-order chi connectivity index (χ1) is 13.9. The molecule has 0 saturated carbocycles. The maximum absolute atomic E-state index is 12.8. The molecule has 8 heteroatoms. The van der Waals surface area contributed by atoms with E-state index in [0.717, 1.165) is 31.6 Å². The standard InChI is InChI=1S/C21H28N4O3S/c1-15-12-19(23-28-15)22-21(27)16(2)29-14-20(26)25-11-7-10-18(25)13-24(3)17-8-5-4-6-9-17/h4-6,8-9,12,16,18H,7,10-11,13-14H2,1-3H3,(H,22,23,27). The van der Waals surface area contributed by atoms with Gasteiger partial charge in [-0.15, -0.1) is 11.8 Å². The number of amides is 2. The summed E-state index contributed by atoms with van der Waals surface area (Å²) >= 11 is 1.35. The van der Waals surface area contributed by atoms with Crippen LogP contribution >= 0.6 is 11.8 Å². The van der Waals surface area contributed by atoms with Gasteiger partial charge in [0.15, 0.2) is 5.82 Å². The average Bonchev–Trinajstić information content (AvgIpc) is 3.35. The van der Waals surface area contributed by atoms with E-state index in [1.165, 1.54) is 11.8 Å². The van der Waals surface area contributed by atoms with Crippen LogP contribution in [0.25, 0.3) is 0 Å². The van der Waals surface area contributed by atoms with E-state index < -0.39 is 0 Å². The summed E-state index contributed by atoms with van der Waals surface area (Å²) in [5.74, 6) is 1.23. The molecule has 0 spiro atoms. The predicted molar refractivity (Wildman–Crippen MR) is 116 cm³/mol. The van der Waals surface area contributed by atoms with Crippen LogP contribution in [0, 0.1) is 6.92 Å². The Hall–Kier alpha value is -2.48. The van der Waals surface area contributed by atoms with E-state index in [4.69, 9.17) is 4.52 Å². The number of para-hydroxylation sites is 1. The van der Waals surface area contributed by atoms with Crippen molar-refractivity contribution in [3.63, 3.8) is 0 Å². The third kappa shape index (κ3) is 5.76. The lowest BCUT2D eigenvalue weighted by molar-refractivity contribution is -0.128. The Kier molecular flexibility index (Phi) is 7.19. The average molecular weight is 417 g/mol. The molecule has 2 aromatic rings. The molecule has 2 atom stereocenters. The van der Waals surface area contributed by atoms with E-state index in [1.807, 2.05) is 23.1 Å². The number of aromatic nitrogens is 1. The van der Waals surface area contributed by atoms with Crippen LogP contribution < -0.4 is 10.2 Å². The quantitative estimate of drug-likeness (QED) is 0.712. The van der Waals surface area contributed by atoms with Crippen molar-refractivity contribution in [3.05, 3.63) is 42.2 Å². The van der Waals surface area contributed by atoms with Gasteiger partial charge in [-0.1, -0.05) is 23.4 Å². The van der Waals surface area contributed by atoms with Crippen LogP contribution in [-0.2, 0) is 9.59 Å². The lowest BCUT2D eigenvalue weighted by Gasteiger charge is -2.30. The number of nitrogens with zero attached hydrogens (tertiary/aromatic N) is 3. The molecule has 7 nitrogen and oxygen atoms in total. The SMILES string of the molecule is Cc1cc(NC(=O)C(C)SCC(=O)N2CCCC2CN(C)c2ccccc2)no1. The highest BCUT2D eigenvalue weighted by Crippen LogP contribution is 2.23. The van der Waals surface area contributed by atoms with E-state index in [2.05, 4.69) is 34.6 Å². The third-order valence-corrected chi connectivity index (χ3v) is 6.21. The zero-order valence-corrected chi connectivity index (χ0v) is 17.9. The summed E-state index contributed by atoms with van der Waals surface area (Å²) in [5.41, 5.74) is 1.15. The number of benzene rings is 1. The van der Waals surface area contributed by atoms with Crippen LogP contribution in [0.15, 0.2) is 40.9 Å². The van der Waals surface area contributed by atoms with E-state index in [1.54, 1.807) is 19.9 Å². The Morgan fingerprint density at radius 2 is 2.14 bits per heavy atom. The van der Waals surface area contributed by atoms with Gasteiger partial charge < -0.3 is 19.6 Å². The Morgan fingerprint density at radius 1 is 1.38 bits per heavy atom. The fourth-order valence-electron chi connectivity index (χ4n) is 3.47. The molecular formula is C21H28N4O3S. The van der Waals surface area contributed by atoms with Gasteiger partial charge in [0.25, 0.3) is 0 Å². The molecule has 29 heavy (non-hydrogen) atoms. The fraction of sp³-hybridized carbons (Fsp3) is 0.476. The van der Waals surface area contributed by atoms with Crippen molar-refractivity contribution in [1.82, 2.24) is 10.1 Å². The van der Waals surface area contributed by atoms with Gasteiger partial charge in [0.2, 0.25) is 11.8 Å². The number of thioether (sulfide) groups is 1. The highest BCUT2D eigenvalue weighted by molar-refractivity contribution is 8.01. The van der Waals surface area contributed by atoms with Crippen molar-refractivity contribution in [3.8, 4) is 0 Å². The second-order valence-electron chi connectivity index (χ2n) is 7.36. The minimum absolute atomic E-state index is 0.0934. The molecule has 1 aromatic carbocycles. The number of carbonyl (C=O) groups is 2. The second kappa shape index (κ2) is 9.82. The number of carbonyl (C=O) groups excluding carboxylic acids is 2. The number of likely N-dealkylation sites (N-methyl/N-ethyl adjacent to an activating group) is 1. The minimum atomic E-state index is -0.357. The first-order valence-corrected chi connectivity index (χ1v) is 10.9. The summed E-state index contributed by atoms with van der Waals surface area (Å²) in [6.45, 7) is 5.15. The molecule has 156 valence electrons. The van der Waals surface area contributed by atoms with Gasteiger partial charge in [-0.05, 0) is 38.8 Å². The third-order valence-electron chi connectivity index (χ3n) is 5.08. The van der Waals surface area contributed by atoms with Crippen molar-refractivity contribution in [2.45, 2.75) is 38.0 Å². The molecular weight excluding hydrogens is 388 g/mol. The van der Waals surface area contributed by atoms with Gasteiger partial charge in [-0.25, -0.2) is 0 Å². The summed E-state index contributed by atoms with van der Waals surface area (Å²) in [6, 6.07) is 12.1. The number of anilines is 2. The molecule has 1 saturated heterocycles. The van der Waals surface area contributed by atoms with Crippen molar-refractivity contribution >= 4 is 35.1 Å². The molecule has 0 radical (unpaired) electrons. The molecule has 1 fully saturated rings. The number of hydrogen-bond donors (Lipinski definition) is 1. The smallest absolute Gasteiger partial charge is 0.238 e. The van der Waals surface area contributed by atoms with E-state index in [0.29, 0.717) is 11.6 Å². The molecule has 1 N–H and O–H groups in total. The van der Waals surface area contributed by atoms with E-state index >= 15 is 0 Å². The number of nitrogens with one attached hydrogen (secondary N) is 1. The highest BCUT2D eigenvalue weighted by atomic mass is 32.2. The molecule has 1 aromatic heterocycles. The maximum Gasteiger partial charge on any atom is 0.238 e. The van der Waals surface area contributed by atoms with Crippen LogP contribution in [0.4, 0.5) is 11.5 Å². The number of aryl methyl sites for hydroxylation is 1.